The quantitative estimate of drug-likeness (QED) is 0.788. The monoisotopic (exact) mass is 264 g/mol. The minimum Gasteiger partial charge on any atom is -0.368 e. The molecule has 1 heterocycles. The van der Waals surface area contributed by atoms with Gasteiger partial charge in [0.15, 0.2) is 0 Å². The van der Waals surface area contributed by atoms with Crippen LogP contribution in [-0.4, -0.2) is 16.5 Å². The van der Waals surface area contributed by atoms with E-state index in [0.29, 0.717) is 5.95 Å². The normalized spacial score (nSPS) is 10.7. The fourth-order valence-corrected chi connectivity index (χ4v) is 2.35. The number of hydrogen-bond acceptors (Lipinski definition) is 4. The molecule has 4 heteroatoms. The Kier molecular flexibility index (Phi) is 3.21. The fraction of sp³-hybridized carbons (Fsp3) is 0.125. The van der Waals surface area contributed by atoms with Gasteiger partial charge in [0.1, 0.15) is 5.82 Å². The topological polar surface area (TPSA) is 55.0 Å². The zero-order chi connectivity index (χ0) is 13.9. The number of nitrogens with zero attached hydrogens (tertiary/aromatic N) is 3. The molecule has 0 aliphatic heterocycles. The molecule has 100 valence electrons. The zero-order valence-corrected chi connectivity index (χ0v) is 11.3. The third-order valence-corrected chi connectivity index (χ3v) is 3.24. The highest BCUT2D eigenvalue weighted by Gasteiger charge is 2.13. The van der Waals surface area contributed by atoms with Gasteiger partial charge in [-0.05, 0) is 31.2 Å². The Labute approximate surface area is 117 Å². The van der Waals surface area contributed by atoms with E-state index < -0.39 is 0 Å². The lowest BCUT2D eigenvalue weighted by Gasteiger charge is -2.23. The number of anilines is 3. The summed E-state index contributed by atoms with van der Waals surface area (Å²) in [6.45, 7) is 2.91. The van der Waals surface area contributed by atoms with Crippen molar-refractivity contribution in [3.05, 3.63) is 54.6 Å². The summed E-state index contributed by atoms with van der Waals surface area (Å²) in [5.74, 6) is 1.15. The number of aromatic nitrogens is 2. The smallest absolute Gasteiger partial charge is 0.222 e. The largest absolute Gasteiger partial charge is 0.368 e. The van der Waals surface area contributed by atoms with Crippen LogP contribution in [0.3, 0.4) is 0 Å². The summed E-state index contributed by atoms with van der Waals surface area (Å²) in [5.41, 5.74) is 7.81. The van der Waals surface area contributed by atoms with Crippen LogP contribution in [0.5, 0.6) is 0 Å². The Morgan fingerprint density at radius 1 is 0.950 bits per heavy atom. The van der Waals surface area contributed by atoms with Crippen molar-refractivity contribution in [2.24, 2.45) is 0 Å². The minimum absolute atomic E-state index is 0.299. The van der Waals surface area contributed by atoms with E-state index >= 15 is 0 Å². The van der Waals surface area contributed by atoms with Gasteiger partial charge >= 0.3 is 0 Å². The van der Waals surface area contributed by atoms with Crippen LogP contribution in [0.1, 0.15) is 6.92 Å². The molecule has 0 aliphatic rings. The van der Waals surface area contributed by atoms with Crippen LogP contribution in [0.15, 0.2) is 54.6 Å². The van der Waals surface area contributed by atoms with Crippen LogP contribution in [-0.2, 0) is 0 Å². The van der Waals surface area contributed by atoms with Gasteiger partial charge in [-0.3, -0.25) is 0 Å². The molecule has 3 aromatic rings. The summed E-state index contributed by atoms with van der Waals surface area (Å²) in [6, 6.07) is 18.1. The molecule has 1 aromatic heterocycles. The number of rotatable bonds is 3. The summed E-state index contributed by atoms with van der Waals surface area (Å²) in [4.78, 5) is 10.9. The second-order valence-electron chi connectivity index (χ2n) is 4.50. The molecule has 2 N–H and O–H groups in total. The van der Waals surface area contributed by atoms with Crippen molar-refractivity contribution in [1.82, 2.24) is 9.97 Å². The molecule has 0 saturated heterocycles. The highest BCUT2D eigenvalue weighted by molar-refractivity contribution is 5.92. The minimum atomic E-state index is 0.299. The summed E-state index contributed by atoms with van der Waals surface area (Å²) in [7, 11) is 0. The van der Waals surface area contributed by atoms with Gasteiger partial charge in [-0.2, -0.15) is 4.98 Å². The molecule has 0 radical (unpaired) electrons. The first kappa shape index (κ1) is 12.4. The standard InChI is InChI=1S/C16H16N4/c1-2-20(12-8-4-3-5-9-12)15-13-10-6-7-11-14(13)18-16(17)19-15/h3-11H,2H2,1H3,(H2,17,18,19). The Balaban J connectivity index is 2.22. The molecule has 0 bridgehead atoms. The molecule has 20 heavy (non-hydrogen) atoms. The van der Waals surface area contributed by atoms with E-state index in [1.165, 1.54) is 0 Å². The van der Waals surface area contributed by atoms with Crippen molar-refractivity contribution in [3.63, 3.8) is 0 Å². The van der Waals surface area contributed by atoms with Gasteiger partial charge in [0.25, 0.3) is 0 Å². The zero-order valence-electron chi connectivity index (χ0n) is 11.3. The van der Waals surface area contributed by atoms with Crippen LogP contribution < -0.4 is 10.6 Å². The van der Waals surface area contributed by atoms with Crippen LogP contribution >= 0.6 is 0 Å². The predicted octanol–water partition coefficient (Wildman–Crippen LogP) is 3.37. The van der Waals surface area contributed by atoms with Crippen LogP contribution in [0, 0.1) is 0 Å². The van der Waals surface area contributed by atoms with Gasteiger partial charge in [0.05, 0.1) is 5.52 Å². The van der Waals surface area contributed by atoms with Gasteiger partial charge in [-0.1, -0.05) is 30.3 Å². The summed E-state index contributed by atoms with van der Waals surface area (Å²) in [6.07, 6.45) is 0. The summed E-state index contributed by atoms with van der Waals surface area (Å²) >= 11 is 0. The van der Waals surface area contributed by atoms with E-state index in [9.17, 15) is 0 Å². The number of fused-ring (bicyclic) bond motifs is 1. The highest BCUT2D eigenvalue weighted by Crippen LogP contribution is 2.29. The fourth-order valence-electron chi connectivity index (χ4n) is 2.35. The van der Waals surface area contributed by atoms with Crippen LogP contribution in [0.25, 0.3) is 10.9 Å². The first-order valence-electron chi connectivity index (χ1n) is 6.64. The Bertz CT molecular complexity index is 725. The third-order valence-electron chi connectivity index (χ3n) is 3.24. The Morgan fingerprint density at radius 3 is 2.40 bits per heavy atom. The van der Waals surface area contributed by atoms with E-state index in [4.69, 9.17) is 5.73 Å². The molecule has 0 spiro atoms. The molecule has 0 unspecified atom stereocenters. The van der Waals surface area contributed by atoms with Gasteiger partial charge < -0.3 is 10.6 Å². The van der Waals surface area contributed by atoms with E-state index in [0.717, 1.165) is 29.0 Å². The van der Waals surface area contributed by atoms with E-state index in [-0.39, 0.29) is 0 Å². The molecule has 0 amide bonds. The number of hydrogen-bond donors (Lipinski definition) is 1. The maximum atomic E-state index is 5.85. The van der Waals surface area contributed by atoms with Crippen molar-refractivity contribution < 1.29 is 0 Å². The maximum absolute atomic E-state index is 5.85. The molecule has 3 rings (SSSR count). The molecule has 2 aromatic carbocycles. The first-order valence-corrected chi connectivity index (χ1v) is 6.64. The third kappa shape index (κ3) is 2.16. The van der Waals surface area contributed by atoms with E-state index in [2.05, 4.69) is 33.9 Å². The van der Waals surface area contributed by atoms with E-state index in [1.54, 1.807) is 0 Å². The van der Waals surface area contributed by atoms with Crippen LogP contribution in [0.2, 0.25) is 0 Å². The molecule has 0 fully saturated rings. The number of benzene rings is 2. The second-order valence-corrected chi connectivity index (χ2v) is 4.50. The SMILES string of the molecule is CCN(c1ccccc1)c1nc(N)nc2ccccc12. The highest BCUT2D eigenvalue weighted by atomic mass is 15.2. The number of nitrogen functional groups attached to an aromatic ring is 1. The average Bonchev–Trinajstić information content (AvgIpc) is 2.49. The molecule has 4 nitrogen and oxygen atoms in total. The second kappa shape index (κ2) is 5.17. The molecular formula is C16H16N4. The lowest BCUT2D eigenvalue weighted by atomic mass is 10.2. The summed E-state index contributed by atoms with van der Waals surface area (Å²) < 4.78 is 0. The molecule has 0 saturated carbocycles. The lowest BCUT2D eigenvalue weighted by Crippen LogP contribution is -2.18. The van der Waals surface area contributed by atoms with Crippen molar-refractivity contribution in [2.75, 3.05) is 17.2 Å². The maximum Gasteiger partial charge on any atom is 0.222 e. The lowest BCUT2D eigenvalue weighted by molar-refractivity contribution is 0.993. The number of para-hydroxylation sites is 2. The molecule has 0 atom stereocenters. The van der Waals surface area contributed by atoms with Crippen LogP contribution in [0.4, 0.5) is 17.5 Å². The number of nitrogens with two attached hydrogens (primary N) is 1. The van der Waals surface area contributed by atoms with Crippen molar-refractivity contribution >= 4 is 28.4 Å². The van der Waals surface area contributed by atoms with Gasteiger partial charge in [-0.25, -0.2) is 4.98 Å². The Hall–Kier alpha value is -2.62. The first-order chi connectivity index (χ1) is 9.79. The summed E-state index contributed by atoms with van der Waals surface area (Å²) in [5, 5.41) is 1.01. The van der Waals surface area contributed by atoms with E-state index in [1.807, 2.05) is 42.5 Å². The van der Waals surface area contributed by atoms with Crippen molar-refractivity contribution in [2.45, 2.75) is 6.92 Å². The predicted molar refractivity (Wildman–Crippen MR) is 83.1 cm³/mol. The molecule has 0 aliphatic carbocycles. The average molecular weight is 264 g/mol. The van der Waals surface area contributed by atoms with Crippen molar-refractivity contribution in [1.29, 1.82) is 0 Å². The van der Waals surface area contributed by atoms with Gasteiger partial charge in [0.2, 0.25) is 5.95 Å². The van der Waals surface area contributed by atoms with Gasteiger partial charge in [-0.15, -0.1) is 0 Å². The van der Waals surface area contributed by atoms with Crippen molar-refractivity contribution in [3.8, 4) is 0 Å². The van der Waals surface area contributed by atoms with Gasteiger partial charge in [0, 0.05) is 17.6 Å². The molecular weight excluding hydrogens is 248 g/mol. The Morgan fingerprint density at radius 2 is 1.65 bits per heavy atom.